The molecule has 0 radical (unpaired) electrons. The molecular weight excluding hydrogens is 1030 g/mol. The Bertz CT molecular complexity index is 2740. The number of hydrogen-bond acceptors (Lipinski definition) is 11. The predicted molar refractivity (Wildman–Crippen MR) is 301 cm³/mol. The van der Waals surface area contributed by atoms with Crippen molar-refractivity contribution in [3.05, 3.63) is 123 Å². The third-order valence-corrected chi connectivity index (χ3v) is 18.3. The maximum atomic E-state index is 14.5. The Balaban J connectivity index is 0.679. The summed E-state index contributed by atoms with van der Waals surface area (Å²) in [5.41, 5.74) is 4.54. The van der Waals surface area contributed by atoms with Crippen molar-refractivity contribution in [1.82, 2.24) is 45.1 Å². The number of carbonyl (C=O) groups excluding carboxylic acids is 4. The molecule has 1 aromatic heterocycles. The van der Waals surface area contributed by atoms with Gasteiger partial charge >= 0.3 is 0 Å². The molecule has 3 N–H and O–H groups in total. The lowest BCUT2D eigenvalue weighted by molar-refractivity contribution is -0.137. The highest BCUT2D eigenvalue weighted by molar-refractivity contribution is 6.30. The van der Waals surface area contributed by atoms with Gasteiger partial charge in [0.25, 0.3) is 5.91 Å². The molecule has 5 fully saturated rings. The molecule has 4 aromatic rings. The smallest absolute Gasteiger partial charge is 0.251 e. The van der Waals surface area contributed by atoms with Gasteiger partial charge in [-0.2, -0.15) is 0 Å². The van der Waals surface area contributed by atoms with Crippen molar-refractivity contribution < 1.29 is 33.1 Å². The van der Waals surface area contributed by atoms with Crippen LogP contribution in [0.2, 0.25) is 5.02 Å². The molecule has 79 heavy (non-hydrogen) atoms. The van der Waals surface area contributed by atoms with Gasteiger partial charge in [0.2, 0.25) is 17.7 Å². The Labute approximate surface area is 469 Å². The zero-order chi connectivity index (χ0) is 55.0. The van der Waals surface area contributed by atoms with Gasteiger partial charge in [-0.3, -0.25) is 24.1 Å². The summed E-state index contributed by atoms with van der Waals surface area (Å²) in [4.78, 5) is 78.5. The summed E-state index contributed by atoms with van der Waals surface area (Å²) in [5, 5.41) is 17.5. The third-order valence-electron chi connectivity index (χ3n) is 18.1. The number of amides is 4. The maximum absolute atomic E-state index is 14.5. The van der Waals surface area contributed by atoms with Crippen LogP contribution in [0.25, 0.3) is 0 Å². The molecule has 2 aliphatic carbocycles. The highest BCUT2D eigenvalue weighted by Gasteiger charge is 2.38. The number of nitrogens with zero attached hydrogens (tertiary/aromatic N) is 8. The van der Waals surface area contributed by atoms with Crippen LogP contribution in [0, 0.1) is 23.5 Å². The fourth-order valence-electron chi connectivity index (χ4n) is 13.4. The summed E-state index contributed by atoms with van der Waals surface area (Å²) in [7, 11) is 0. The molecule has 4 aliphatic heterocycles. The average Bonchev–Trinajstić information content (AvgIpc) is 3.84. The van der Waals surface area contributed by atoms with Gasteiger partial charge in [-0.25, -0.2) is 18.7 Å². The molecular formula is C61H79ClF2N10O5. The van der Waals surface area contributed by atoms with Crippen LogP contribution in [0.15, 0.2) is 73.1 Å². The summed E-state index contributed by atoms with van der Waals surface area (Å²) in [5.74, 6) is -0.0194. The summed E-state index contributed by atoms with van der Waals surface area (Å²) < 4.78 is 27.5. The molecule has 4 saturated heterocycles. The minimum atomic E-state index is -0.649. The second-order valence-corrected chi connectivity index (χ2v) is 23.7. The monoisotopic (exact) mass is 1100 g/mol. The molecule has 3 aromatic carbocycles. The minimum absolute atomic E-state index is 0.0144. The van der Waals surface area contributed by atoms with E-state index in [4.69, 9.17) is 11.6 Å². The predicted octanol–water partition coefficient (Wildman–Crippen LogP) is 7.50. The average molecular weight is 1110 g/mol. The Morgan fingerprint density at radius 1 is 0.759 bits per heavy atom. The van der Waals surface area contributed by atoms with Crippen molar-refractivity contribution in [1.29, 1.82) is 0 Å². The molecule has 15 nitrogen and oxygen atoms in total. The van der Waals surface area contributed by atoms with Gasteiger partial charge in [0.05, 0.1) is 24.3 Å². The van der Waals surface area contributed by atoms with Crippen LogP contribution in [-0.4, -0.2) is 167 Å². The van der Waals surface area contributed by atoms with Crippen LogP contribution in [0.1, 0.15) is 140 Å². The zero-order valence-corrected chi connectivity index (χ0v) is 46.6. The lowest BCUT2D eigenvalue weighted by atomic mass is 9.83. The van der Waals surface area contributed by atoms with E-state index in [9.17, 15) is 33.1 Å². The van der Waals surface area contributed by atoms with Crippen LogP contribution in [0.3, 0.4) is 0 Å². The molecule has 424 valence electrons. The summed E-state index contributed by atoms with van der Waals surface area (Å²) in [6.45, 7) is 12.5. The lowest BCUT2D eigenvalue weighted by Crippen LogP contribution is -2.57. The molecule has 4 amide bonds. The number of likely N-dealkylation sites (tertiary alicyclic amines) is 2. The first kappa shape index (κ1) is 56.7. The molecule has 0 bridgehead atoms. The largest absolute Gasteiger partial charge is 0.387 e. The van der Waals surface area contributed by atoms with Gasteiger partial charge in [-0.05, 0) is 130 Å². The van der Waals surface area contributed by atoms with E-state index in [0.29, 0.717) is 80.8 Å². The Morgan fingerprint density at radius 2 is 1.49 bits per heavy atom. The fraction of sp³-hybridized carbons (Fsp3) is 0.574. The zero-order valence-electron chi connectivity index (χ0n) is 45.9. The van der Waals surface area contributed by atoms with Gasteiger partial charge < -0.3 is 40.2 Å². The number of halogens is 3. The molecule has 6 aliphatic rings. The van der Waals surface area contributed by atoms with Gasteiger partial charge in [-0.1, -0.05) is 68.1 Å². The molecule has 1 unspecified atom stereocenters. The highest BCUT2D eigenvalue weighted by atomic mass is 35.5. The van der Waals surface area contributed by atoms with Crippen LogP contribution < -0.4 is 15.5 Å². The van der Waals surface area contributed by atoms with Crippen molar-refractivity contribution in [3.63, 3.8) is 0 Å². The van der Waals surface area contributed by atoms with Crippen molar-refractivity contribution in [2.75, 3.05) is 103 Å². The topological polar surface area (TPSA) is 158 Å². The SMILES string of the molecule is C[C@@H]1C[C@@H](O)c2ncnc(N3CCN(C(=O)[C@H](CCN4CCC(CN5CCN(C(=O)[C@H](NC(=O)c6cccc(C7CCCN(C(=O)CNCc8ccc(F)cc8F)C7)c6)C6CCCCC6)CC5)CC4)c4ccc(Cl)cc4)CC3)c21. The maximum Gasteiger partial charge on any atom is 0.251 e. The van der Waals surface area contributed by atoms with E-state index in [1.54, 1.807) is 12.4 Å². The van der Waals surface area contributed by atoms with Crippen LogP contribution in [0.5, 0.6) is 0 Å². The number of nitrogens with one attached hydrogen (secondary N) is 2. The number of carbonyl (C=O) groups is 4. The Hall–Kier alpha value is -5.59. The normalized spacial score (nSPS) is 22.6. The van der Waals surface area contributed by atoms with E-state index < -0.39 is 23.8 Å². The number of fused-ring (bicyclic) bond motifs is 1. The van der Waals surface area contributed by atoms with Gasteiger partial charge in [0.15, 0.2) is 0 Å². The van der Waals surface area contributed by atoms with E-state index in [-0.39, 0.29) is 60.4 Å². The van der Waals surface area contributed by atoms with Crippen LogP contribution in [-0.2, 0) is 20.9 Å². The molecule has 10 rings (SSSR count). The first-order valence-electron chi connectivity index (χ1n) is 29.2. The van der Waals surface area contributed by atoms with Crippen LogP contribution >= 0.6 is 11.6 Å². The van der Waals surface area contributed by atoms with E-state index in [1.807, 2.05) is 57.2 Å². The van der Waals surface area contributed by atoms with Crippen molar-refractivity contribution >= 4 is 41.0 Å². The first-order valence-corrected chi connectivity index (χ1v) is 29.6. The number of aliphatic hydroxyl groups excluding tert-OH is 1. The van der Waals surface area contributed by atoms with Crippen molar-refractivity contribution in [2.24, 2.45) is 11.8 Å². The Morgan fingerprint density at radius 3 is 2.24 bits per heavy atom. The number of anilines is 1. The van der Waals surface area contributed by atoms with Gasteiger partial charge in [0, 0.05) is 112 Å². The molecule has 18 heteroatoms. The molecule has 0 spiro atoms. The summed E-state index contributed by atoms with van der Waals surface area (Å²) in [6, 6.07) is 18.2. The number of hydrogen-bond donors (Lipinski definition) is 3. The van der Waals surface area contributed by atoms with Crippen molar-refractivity contribution in [3.8, 4) is 0 Å². The lowest BCUT2D eigenvalue weighted by Gasteiger charge is -2.41. The van der Waals surface area contributed by atoms with Crippen LogP contribution in [0.4, 0.5) is 14.6 Å². The molecule has 5 heterocycles. The third kappa shape index (κ3) is 14.0. The number of benzene rings is 3. The van der Waals surface area contributed by atoms with Gasteiger partial charge in [-0.15, -0.1) is 0 Å². The standard InChI is InChI=1S/C61H79ClF2N10O5/c1-41-33-53(75)57-55(41)58(67-40-66-57)71-29-31-72(32-30-71)60(78)51(43-12-15-49(62)16-13-43)20-24-69-22-18-42(19-23-69)38-70-25-27-73(28-26-70)61(79)56(44-7-3-2-4-8-44)68-59(77)46-10-5-9-45(34-46)48-11-6-21-74(39-48)54(76)37-65-36-47-14-17-50(63)35-52(47)64/h5,9-10,12-17,34-35,40-42,44,48,51,53,56,65,75H,2-4,6-8,11,18-33,36-39H2,1H3,(H,68,77)/t41-,48?,51-,53-,56-/m1/s1. The molecule has 5 atom stereocenters. The van der Waals surface area contributed by atoms with Gasteiger partial charge in [0.1, 0.15) is 29.8 Å². The van der Waals surface area contributed by atoms with Crippen molar-refractivity contribution in [2.45, 2.75) is 114 Å². The second-order valence-electron chi connectivity index (χ2n) is 23.3. The van der Waals surface area contributed by atoms with E-state index in [1.165, 1.54) is 12.1 Å². The summed E-state index contributed by atoms with van der Waals surface area (Å²) in [6.07, 6.45) is 11.2. The van der Waals surface area contributed by atoms with E-state index in [2.05, 4.69) is 42.2 Å². The summed E-state index contributed by atoms with van der Waals surface area (Å²) >= 11 is 6.33. The second kappa shape index (κ2) is 26.3. The van der Waals surface area contributed by atoms with E-state index in [0.717, 1.165) is 138 Å². The quantitative estimate of drug-likeness (QED) is 0.0962. The number of piperazine rings is 2. The number of piperidine rings is 2. The number of aliphatic hydroxyl groups is 1. The highest BCUT2D eigenvalue weighted by Crippen LogP contribution is 2.43. The fourth-order valence-corrected chi connectivity index (χ4v) is 13.5. The Kier molecular flexibility index (Phi) is 18.9. The molecule has 1 saturated carbocycles. The first-order chi connectivity index (χ1) is 38.3. The van der Waals surface area contributed by atoms with E-state index >= 15 is 0 Å². The number of aromatic nitrogens is 2. The number of rotatable bonds is 17. The minimum Gasteiger partial charge on any atom is -0.387 e.